The molecule has 0 saturated heterocycles. The summed E-state index contributed by atoms with van der Waals surface area (Å²) < 4.78 is 10.7. The summed E-state index contributed by atoms with van der Waals surface area (Å²) >= 11 is 0. The summed E-state index contributed by atoms with van der Waals surface area (Å²) in [6.07, 6.45) is 0.709. The van der Waals surface area contributed by atoms with Crippen molar-refractivity contribution in [2.75, 3.05) is 66.3 Å². The third kappa shape index (κ3) is 7.93. The minimum atomic E-state index is -0.0378. The van der Waals surface area contributed by atoms with Crippen molar-refractivity contribution in [1.29, 1.82) is 0 Å². The van der Waals surface area contributed by atoms with Gasteiger partial charge in [0.25, 0.3) is 0 Å². The van der Waals surface area contributed by atoms with Crippen molar-refractivity contribution in [3.8, 4) is 0 Å². The number of nitrogens with one attached hydrogen (secondary N) is 2. The molecule has 8 heteroatoms. The highest BCUT2D eigenvalue weighted by atomic mass is 16.5. The molecule has 1 aliphatic heterocycles. The first kappa shape index (κ1) is 22.3. The maximum absolute atomic E-state index is 12.6. The van der Waals surface area contributed by atoms with Crippen molar-refractivity contribution >= 4 is 11.7 Å². The minimum absolute atomic E-state index is 0.00838. The second-order valence-corrected chi connectivity index (χ2v) is 6.51. The van der Waals surface area contributed by atoms with Crippen LogP contribution >= 0.6 is 0 Å². The molecule has 0 spiro atoms. The topological polar surface area (TPSA) is 95.4 Å². The van der Waals surface area contributed by atoms with E-state index in [1.807, 2.05) is 31.3 Å². The zero-order valence-electron chi connectivity index (χ0n) is 16.7. The molecule has 3 N–H and O–H groups in total. The van der Waals surface area contributed by atoms with E-state index in [2.05, 4.69) is 15.6 Å². The van der Waals surface area contributed by atoms with Crippen LogP contribution in [0.5, 0.6) is 0 Å². The van der Waals surface area contributed by atoms with Gasteiger partial charge in [-0.3, -0.25) is 9.79 Å². The van der Waals surface area contributed by atoms with Gasteiger partial charge in [0.15, 0.2) is 0 Å². The third-order valence-corrected chi connectivity index (χ3v) is 4.30. The number of hydrogen-bond acceptors (Lipinski definition) is 7. The van der Waals surface area contributed by atoms with Crippen molar-refractivity contribution in [1.82, 2.24) is 15.5 Å². The fourth-order valence-corrected chi connectivity index (χ4v) is 2.82. The van der Waals surface area contributed by atoms with E-state index in [1.54, 1.807) is 4.90 Å². The molecule has 0 fully saturated rings. The lowest BCUT2D eigenvalue weighted by molar-refractivity contribution is -0.137. The standard InChI is InChI=1S/C20H32N4O4/c1-21-9-13-28-16-19(26)24(10-2-12-27-14-11-25)15-17-3-5-18(6-4-17)20-22-7-8-23-20/h3-6,21,25H,2,7-16H2,1H3,(H,22,23). The molecule has 0 saturated carbocycles. The van der Waals surface area contributed by atoms with Crippen molar-refractivity contribution in [3.63, 3.8) is 0 Å². The maximum atomic E-state index is 12.6. The molecule has 2 rings (SSSR count). The van der Waals surface area contributed by atoms with Gasteiger partial charge < -0.3 is 30.1 Å². The second kappa shape index (κ2) is 13.2. The predicted octanol–water partition coefficient (Wildman–Crippen LogP) is 0.00000000000000383. The molecule has 1 amide bonds. The minimum Gasteiger partial charge on any atom is -0.394 e. The lowest BCUT2D eigenvalue weighted by Gasteiger charge is -2.23. The number of amidine groups is 1. The smallest absolute Gasteiger partial charge is 0.248 e. The fourth-order valence-electron chi connectivity index (χ4n) is 2.82. The van der Waals surface area contributed by atoms with Crippen LogP contribution < -0.4 is 10.6 Å². The van der Waals surface area contributed by atoms with Crippen LogP contribution in [0.1, 0.15) is 17.5 Å². The van der Waals surface area contributed by atoms with Gasteiger partial charge >= 0.3 is 0 Å². The Bertz CT molecular complexity index is 607. The first-order valence-electron chi connectivity index (χ1n) is 9.81. The summed E-state index contributed by atoms with van der Waals surface area (Å²) in [6.45, 7) is 4.91. The highest BCUT2D eigenvalue weighted by Gasteiger charge is 2.15. The van der Waals surface area contributed by atoms with E-state index in [-0.39, 0.29) is 19.1 Å². The first-order valence-corrected chi connectivity index (χ1v) is 9.81. The number of amides is 1. The first-order chi connectivity index (χ1) is 13.7. The summed E-state index contributed by atoms with van der Waals surface area (Å²) in [5.41, 5.74) is 2.12. The number of carbonyl (C=O) groups excluding carboxylic acids is 1. The number of aliphatic hydroxyl groups is 1. The van der Waals surface area contributed by atoms with E-state index in [0.717, 1.165) is 30.1 Å². The van der Waals surface area contributed by atoms with Crippen LogP contribution in [0.25, 0.3) is 0 Å². The summed E-state index contributed by atoms with van der Waals surface area (Å²) in [7, 11) is 1.85. The van der Waals surface area contributed by atoms with Gasteiger partial charge in [-0.15, -0.1) is 0 Å². The van der Waals surface area contributed by atoms with Crippen molar-refractivity contribution in [2.24, 2.45) is 4.99 Å². The number of carbonyl (C=O) groups is 1. The predicted molar refractivity (Wildman–Crippen MR) is 109 cm³/mol. The van der Waals surface area contributed by atoms with Crippen molar-refractivity contribution < 1.29 is 19.4 Å². The average Bonchev–Trinajstić information content (AvgIpc) is 3.25. The van der Waals surface area contributed by atoms with Gasteiger partial charge in [0.2, 0.25) is 5.91 Å². The van der Waals surface area contributed by atoms with E-state index in [9.17, 15) is 4.79 Å². The number of aliphatic imine (C=N–C) groups is 1. The Hall–Kier alpha value is -2.00. The highest BCUT2D eigenvalue weighted by Crippen LogP contribution is 2.10. The SMILES string of the molecule is CNCCOCC(=O)N(CCCOCCO)Cc1ccc(C2=NCCN2)cc1. The molecule has 1 aromatic carbocycles. The molecular weight excluding hydrogens is 360 g/mol. The van der Waals surface area contributed by atoms with Crippen molar-refractivity contribution in [2.45, 2.75) is 13.0 Å². The van der Waals surface area contributed by atoms with Crippen molar-refractivity contribution in [3.05, 3.63) is 35.4 Å². The van der Waals surface area contributed by atoms with Crippen LogP contribution in [0.3, 0.4) is 0 Å². The molecule has 28 heavy (non-hydrogen) atoms. The highest BCUT2D eigenvalue weighted by molar-refractivity contribution is 5.99. The van der Waals surface area contributed by atoms with Crippen LogP contribution in [0, 0.1) is 0 Å². The van der Waals surface area contributed by atoms with Crippen LogP contribution in [-0.2, 0) is 20.8 Å². The van der Waals surface area contributed by atoms with Gasteiger partial charge in [0.1, 0.15) is 12.4 Å². The molecule has 0 bridgehead atoms. The van der Waals surface area contributed by atoms with Gasteiger partial charge in [0, 0.05) is 38.3 Å². The molecule has 0 unspecified atom stereocenters. The molecule has 0 aliphatic carbocycles. The number of hydrogen-bond donors (Lipinski definition) is 3. The van der Waals surface area contributed by atoms with Crippen LogP contribution in [0.2, 0.25) is 0 Å². The quantitative estimate of drug-likeness (QED) is 0.386. The van der Waals surface area contributed by atoms with Crippen LogP contribution in [-0.4, -0.2) is 88.0 Å². The van der Waals surface area contributed by atoms with Gasteiger partial charge in [-0.25, -0.2) is 0 Å². The fraction of sp³-hybridized carbons (Fsp3) is 0.600. The number of benzene rings is 1. The molecule has 0 atom stereocenters. The second-order valence-electron chi connectivity index (χ2n) is 6.51. The van der Waals surface area contributed by atoms with Crippen LogP contribution in [0.4, 0.5) is 0 Å². The van der Waals surface area contributed by atoms with E-state index >= 15 is 0 Å². The van der Waals surface area contributed by atoms with E-state index in [0.29, 0.717) is 45.9 Å². The number of nitrogens with zero attached hydrogens (tertiary/aromatic N) is 2. The normalized spacial score (nSPS) is 13.3. The molecule has 0 radical (unpaired) electrons. The average molecular weight is 393 g/mol. The number of aliphatic hydroxyl groups excluding tert-OH is 1. The molecule has 1 heterocycles. The summed E-state index contributed by atoms with van der Waals surface area (Å²) in [4.78, 5) is 18.8. The number of ether oxygens (including phenoxy) is 2. The summed E-state index contributed by atoms with van der Waals surface area (Å²) in [5, 5.41) is 15.0. The molecule has 156 valence electrons. The monoisotopic (exact) mass is 392 g/mol. The lowest BCUT2D eigenvalue weighted by atomic mass is 10.1. The van der Waals surface area contributed by atoms with Crippen LogP contribution in [0.15, 0.2) is 29.3 Å². The zero-order valence-corrected chi connectivity index (χ0v) is 16.7. The zero-order chi connectivity index (χ0) is 20.0. The Balaban J connectivity index is 1.89. The number of likely N-dealkylation sites (N-methyl/N-ethyl adjacent to an activating group) is 1. The lowest BCUT2D eigenvalue weighted by Crippen LogP contribution is -2.35. The van der Waals surface area contributed by atoms with E-state index in [4.69, 9.17) is 14.6 Å². The van der Waals surface area contributed by atoms with E-state index < -0.39 is 0 Å². The molecule has 1 aliphatic rings. The Morgan fingerprint density at radius 3 is 2.75 bits per heavy atom. The number of rotatable bonds is 14. The largest absolute Gasteiger partial charge is 0.394 e. The molecular formula is C20H32N4O4. The van der Waals surface area contributed by atoms with E-state index in [1.165, 1.54) is 0 Å². The summed E-state index contributed by atoms with van der Waals surface area (Å²) in [6, 6.07) is 8.12. The Kier molecular flexibility index (Phi) is 10.5. The summed E-state index contributed by atoms with van der Waals surface area (Å²) in [5.74, 6) is 0.891. The third-order valence-electron chi connectivity index (χ3n) is 4.30. The van der Waals surface area contributed by atoms with Gasteiger partial charge in [0.05, 0.1) is 26.4 Å². The van der Waals surface area contributed by atoms with Gasteiger partial charge in [-0.1, -0.05) is 24.3 Å². The Morgan fingerprint density at radius 1 is 1.25 bits per heavy atom. The molecule has 8 nitrogen and oxygen atoms in total. The molecule has 0 aromatic heterocycles. The Morgan fingerprint density at radius 2 is 2.07 bits per heavy atom. The maximum Gasteiger partial charge on any atom is 0.248 e. The van der Waals surface area contributed by atoms with Gasteiger partial charge in [-0.05, 0) is 19.0 Å². The van der Waals surface area contributed by atoms with Gasteiger partial charge in [-0.2, -0.15) is 0 Å². The Labute approximate surface area is 166 Å². The molecule has 1 aromatic rings.